The van der Waals surface area contributed by atoms with E-state index in [-0.39, 0.29) is 0 Å². The van der Waals surface area contributed by atoms with Gasteiger partial charge in [0.05, 0.1) is 7.11 Å². The second kappa shape index (κ2) is 6.85. The summed E-state index contributed by atoms with van der Waals surface area (Å²) in [5.41, 5.74) is 1.13. The van der Waals surface area contributed by atoms with Crippen LogP contribution in [0.2, 0.25) is 0 Å². The molecule has 16 heavy (non-hydrogen) atoms. The second-order valence-electron chi connectivity index (χ2n) is 3.18. The van der Waals surface area contributed by atoms with E-state index in [4.69, 9.17) is 17.0 Å². The fourth-order valence-corrected chi connectivity index (χ4v) is 1.32. The monoisotopic (exact) mass is 236 g/mol. The highest BCUT2D eigenvalue weighted by Gasteiger charge is 1.96. The van der Waals surface area contributed by atoms with Gasteiger partial charge in [0.15, 0.2) is 5.11 Å². The predicted octanol–water partition coefficient (Wildman–Crippen LogP) is 2.19. The number of ether oxygens (including phenoxy) is 1. The first-order valence-corrected chi connectivity index (χ1v) is 5.45. The largest absolute Gasteiger partial charge is 0.497 e. The van der Waals surface area contributed by atoms with Crippen molar-refractivity contribution in [3.8, 4) is 5.75 Å². The topological polar surface area (TPSA) is 33.3 Å². The number of thiocarbonyl (C=S) groups is 1. The number of nitrogens with one attached hydrogen (secondary N) is 2. The zero-order valence-corrected chi connectivity index (χ0v) is 10.3. The van der Waals surface area contributed by atoms with Gasteiger partial charge in [0, 0.05) is 6.54 Å². The lowest BCUT2D eigenvalue weighted by Crippen LogP contribution is -2.31. The fraction of sp³-hybridized carbons (Fsp3) is 0.250. The lowest BCUT2D eigenvalue weighted by molar-refractivity contribution is 0.414. The maximum absolute atomic E-state index is 5.14. The summed E-state index contributed by atoms with van der Waals surface area (Å²) in [6, 6.07) is 7.87. The summed E-state index contributed by atoms with van der Waals surface area (Å²) >= 11 is 5.08. The average molecular weight is 236 g/mol. The average Bonchev–Trinajstić information content (AvgIpc) is 2.34. The van der Waals surface area contributed by atoms with Crippen LogP contribution in [0.15, 0.2) is 36.5 Å². The van der Waals surface area contributed by atoms with Gasteiger partial charge in [-0.3, -0.25) is 0 Å². The lowest BCUT2D eigenvalue weighted by atomic mass is 10.2. The molecule has 0 bridgehead atoms. The van der Waals surface area contributed by atoms with Crippen molar-refractivity contribution in [2.45, 2.75) is 13.5 Å². The molecule has 0 radical (unpaired) electrons. The minimum Gasteiger partial charge on any atom is -0.497 e. The summed E-state index contributed by atoms with van der Waals surface area (Å²) in [5, 5.41) is 6.65. The van der Waals surface area contributed by atoms with Crippen LogP contribution >= 0.6 is 12.2 Å². The summed E-state index contributed by atoms with van der Waals surface area (Å²) in [4.78, 5) is 0. The Kier molecular flexibility index (Phi) is 5.36. The predicted molar refractivity (Wildman–Crippen MR) is 70.4 cm³/mol. The highest BCUT2D eigenvalue weighted by Crippen LogP contribution is 2.11. The van der Waals surface area contributed by atoms with Crippen LogP contribution in [0.4, 0.5) is 0 Å². The van der Waals surface area contributed by atoms with Gasteiger partial charge in [-0.15, -0.1) is 0 Å². The molecule has 0 amide bonds. The Hall–Kier alpha value is -1.55. The Labute approximate surface area is 102 Å². The number of benzene rings is 1. The standard InChI is InChI=1S/C12H16N2OS/c1-3-7-13-12(16)14-9-10-5-4-6-11(8-10)15-2/h3-8H,9H2,1-2H3,(H2,13,14,16)/b7-3-. The third kappa shape index (κ3) is 4.31. The quantitative estimate of drug-likeness (QED) is 0.785. The highest BCUT2D eigenvalue weighted by atomic mass is 32.1. The number of rotatable bonds is 4. The first-order valence-electron chi connectivity index (χ1n) is 5.04. The van der Waals surface area contributed by atoms with Crippen molar-refractivity contribution in [2.75, 3.05) is 7.11 Å². The van der Waals surface area contributed by atoms with E-state index < -0.39 is 0 Å². The highest BCUT2D eigenvalue weighted by molar-refractivity contribution is 7.80. The summed E-state index contributed by atoms with van der Waals surface area (Å²) in [5.74, 6) is 0.853. The third-order valence-electron chi connectivity index (χ3n) is 1.97. The summed E-state index contributed by atoms with van der Waals surface area (Å²) in [6.07, 6.45) is 3.68. The molecule has 0 aliphatic heterocycles. The van der Waals surface area contributed by atoms with Crippen molar-refractivity contribution in [1.29, 1.82) is 0 Å². The molecule has 86 valence electrons. The van der Waals surface area contributed by atoms with E-state index in [1.54, 1.807) is 13.3 Å². The van der Waals surface area contributed by atoms with Crippen molar-refractivity contribution >= 4 is 17.3 Å². The van der Waals surface area contributed by atoms with E-state index in [0.717, 1.165) is 11.3 Å². The van der Waals surface area contributed by atoms with Crippen LogP contribution in [0.1, 0.15) is 12.5 Å². The van der Waals surface area contributed by atoms with Crippen LogP contribution in [0.5, 0.6) is 5.75 Å². The van der Waals surface area contributed by atoms with Gasteiger partial charge in [-0.2, -0.15) is 0 Å². The van der Waals surface area contributed by atoms with Gasteiger partial charge in [-0.25, -0.2) is 0 Å². The molecule has 0 aromatic heterocycles. The van der Waals surface area contributed by atoms with Gasteiger partial charge in [-0.05, 0) is 43.0 Å². The fourth-order valence-electron chi connectivity index (χ4n) is 1.17. The minimum atomic E-state index is 0.612. The van der Waals surface area contributed by atoms with Crippen LogP contribution in [-0.4, -0.2) is 12.2 Å². The van der Waals surface area contributed by atoms with Crippen LogP contribution in [0.3, 0.4) is 0 Å². The number of hydrogen-bond acceptors (Lipinski definition) is 2. The molecule has 0 fully saturated rings. The maximum Gasteiger partial charge on any atom is 0.170 e. The van der Waals surface area contributed by atoms with E-state index in [2.05, 4.69) is 10.6 Å². The van der Waals surface area contributed by atoms with Crippen LogP contribution < -0.4 is 15.4 Å². The lowest BCUT2D eigenvalue weighted by Gasteiger charge is -2.08. The number of allylic oxidation sites excluding steroid dienone is 1. The SMILES string of the molecule is C/C=C\NC(=S)NCc1cccc(OC)c1. The normalized spacial score (nSPS) is 10.1. The first kappa shape index (κ1) is 12.5. The molecule has 0 atom stereocenters. The van der Waals surface area contributed by atoms with Crippen LogP contribution in [-0.2, 0) is 6.54 Å². The first-order chi connectivity index (χ1) is 7.76. The summed E-state index contributed by atoms with van der Waals surface area (Å²) in [7, 11) is 1.66. The van der Waals surface area contributed by atoms with Gasteiger partial charge in [0.1, 0.15) is 5.75 Å². The maximum atomic E-state index is 5.14. The minimum absolute atomic E-state index is 0.612. The van der Waals surface area contributed by atoms with E-state index in [0.29, 0.717) is 11.7 Å². The van der Waals surface area contributed by atoms with Gasteiger partial charge in [-0.1, -0.05) is 18.2 Å². The van der Waals surface area contributed by atoms with Crippen LogP contribution in [0, 0.1) is 0 Å². The Bertz CT molecular complexity index is 377. The Morgan fingerprint density at radius 2 is 2.31 bits per heavy atom. The van der Waals surface area contributed by atoms with Gasteiger partial charge >= 0.3 is 0 Å². The third-order valence-corrected chi connectivity index (χ3v) is 2.23. The van der Waals surface area contributed by atoms with Gasteiger partial charge in [0.2, 0.25) is 0 Å². The summed E-state index contributed by atoms with van der Waals surface area (Å²) in [6.45, 7) is 2.61. The van der Waals surface area contributed by atoms with Crippen molar-refractivity contribution < 1.29 is 4.74 Å². The molecule has 0 aliphatic carbocycles. The molecule has 0 heterocycles. The smallest absolute Gasteiger partial charge is 0.170 e. The Balaban J connectivity index is 2.44. The van der Waals surface area contributed by atoms with E-state index in [1.807, 2.05) is 37.3 Å². The second-order valence-corrected chi connectivity index (χ2v) is 3.59. The molecule has 0 aliphatic rings. The molecule has 1 aromatic carbocycles. The molecule has 0 unspecified atom stereocenters. The summed E-state index contributed by atoms with van der Waals surface area (Å²) < 4.78 is 5.14. The zero-order chi connectivity index (χ0) is 11.8. The zero-order valence-electron chi connectivity index (χ0n) is 9.49. The number of methoxy groups -OCH3 is 1. The van der Waals surface area contributed by atoms with E-state index in [1.165, 1.54) is 0 Å². The molecule has 2 N–H and O–H groups in total. The molecule has 0 spiro atoms. The van der Waals surface area contributed by atoms with Crippen molar-refractivity contribution in [2.24, 2.45) is 0 Å². The van der Waals surface area contributed by atoms with Gasteiger partial charge in [0.25, 0.3) is 0 Å². The molecular formula is C12H16N2OS. The van der Waals surface area contributed by atoms with Crippen molar-refractivity contribution in [3.63, 3.8) is 0 Å². The van der Waals surface area contributed by atoms with Crippen molar-refractivity contribution in [1.82, 2.24) is 10.6 Å². The Morgan fingerprint density at radius 3 is 3.00 bits per heavy atom. The molecule has 3 nitrogen and oxygen atoms in total. The van der Waals surface area contributed by atoms with Crippen LogP contribution in [0.25, 0.3) is 0 Å². The van der Waals surface area contributed by atoms with Gasteiger partial charge < -0.3 is 15.4 Å². The molecular weight excluding hydrogens is 220 g/mol. The van der Waals surface area contributed by atoms with E-state index in [9.17, 15) is 0 Å². The molecule has 1 aromatic rings. The molecule has 4 heteroatoms. The number of hydrogen-bond donors (Lipinski definition) is 2. The Morgan fingerprint density at radius 1 is 1.50 bits per heavy atom. The molecule has 1 rings (SSSR count). The van der Waals surface area contributed by atoms with E-state index >= 15 is 0 Å². The molecule has 0 saturated carbocycles. The van der Waals surface area contributed by atoms with Crippen molar-refractivity contribution in [3.05, 3.63) is 42.1 Å². The molecule has 0 saturated heterocycles.